The zero-order chi connectivity index (χ0) is 15.5. The van der Waals surface area contributed by atoms with Crippen molar-refractivity contribution in [1.29, 1.82) is 0 Å². The van der Waals surface area contributed by atoms with Crippen LogP contribution < -0.4 is 4.74 Å². The van der Waals surface area contributed by atoms with Crippen LogP contribution in [0.25, 0.3) is 10.8 Å². The number of benzene rings is 1. The molecule has 0 aliphatic heterocycles. The molecule has 0 unspecified atom stereocenters. The lowest BCUT2D eigenvalue weighted by atomic mass is 10.2. The molecule has 1 aromatic carbocycles. The second-order valence-electron chi connectivity index (χ2n) is 4.51. The summed E-state index contributed by atoms with van der Waals surface area (Å²) in [6.45, 7) is 1.78. The first kappa shape index (κ1) is 14.2. The van der Waals surface area contributed by atoms with Crippen molar-refractivity contribution >= 4 is 17.0 Å². The van der Waals surface area contributed by atoms with Gasteiger partial charge in [0.05, 0.1) is 9.80 Å². The van der Waals surface area contributed by atoms with E-state index in [9.17, 15) is 10.1 Å². The van der Waals surface area contributed by atoms with Crippen molar-refractivity contribution < 1.29 is 14.2 Å². The molecule has 3 aromatic rings. The second kappa shape index (κ2) is 5.94. The van der Waals surface area contributed by atoms with Gasteiger partial charge in [0, 0.05) is 6.07 Å². The quantitative estimate of drug-likeness (QED) is 0.527. The molecule has 0 bridgehead atoms. The van der Waals surface area contributed by atoms with Crippen molar-refractivity contribution in [1.82, 2.24) is 10.1 Å². The standard InChI is InChI=1S/C14H11N3O4S/c1-9-4-5-11(10(7-9)17(18)19)20-8-13-15-14(21-16-13)12-3-2-6-22-12/h2-7H,8H2,1H3. The maximum absolute atomic E-state index is 11.0. The molecule has 22 heavy (non-hydrogen) atoms. The summed E-state index contributed by atoms with van der Waals surface area (Å²) in [5.74, 6) is 0.920. The van der Waals surface area contributed by atoms with Crippen LogP contribution in [0.3, 0.4) is 0 Å². The summed E-state index contributed by atoms with van der Waals surface area (Å²) in [7, 11) is 0. The molecule has 0 saturated carbocycles. The van der Waals surface area contributed by atoms with Crippen molar-refractivity contribution in [2.45, 2.75) is 13.5 Å². The predicted octanol–water partition coefficient (Wildman–Crippen LogP) is 3.59. The van der Waals surface area contributed by atoms with Crippen LogP contribution in [0.4, 0.5) is 5.69 Å². The van der Waals surface area contributed by atoms with Crippen LogP contribution in [-0.2, 0) is 6.61 Å². The maximum Gasteiger partial charge on any atom is 0.311 e. The molecule has 2 heterocycles. The van der Waals surface area contributed by atoms with Gasteiger partial charge in [-0.1, -0.05) is 17.3 Å². The monoisotopic (exact) mass is 317 g/mol. The highest BCUT2D eigenvalue weighted by atomic mass is 32.1. The van der Waals surface area contributed by atoms with Crippen molar-refractivity contribution in [3.05, 3.63) is 57.2 Å². The highest BCUT2D eigenvalue weighted by Gasteiger charge is 2.16. The first-order valence-corrected chi connectivity index (χ1v) is 7.26. The van der Waals surface area contributed by atoms with Crippen LogP contribution in [0.15, 0.2) is 40.2 Å². The molecule has 0 amide bonds. The SMILES string of the molecule is Cc1ccc(OCc2noc(-c3cccs3)n2)c([N+](=O)[O-])c1. The molecule has 112 valence electrons. The third-order valence-electron chi connectivity index (χ3n) is 2.87. The number of nitro groups is 1. The Kier molecular flexibility index (Phi) is 3.84. The molecule has 7 nitrogen and oxygen atoms in total. The summed E-state index contributed by atoms with van der Waals surface area (Å²) in [6, 6.07) is 8.52. The third kappa shape index (κ3) is 2.96. The van der Waals surface area contributed by atoms with E-state index in [1.54, 1.807) is 19.1 Å². The topological polar surface area (TPSA) is 91.3 Å². The molecule has 0 fully saturated rings. The highest BCUT2D eigenvalue weighted by Crippen LogP contribution is 2.28. The summed E-state index contributed by atoms with van der Waals surface area (Å²) in [4.78, 5) is 15.6. The predicted molar refractivity (Wildman–Crippen MR) is 79.8 cm³/mol. The number of hydrogen-bond donors (Lipinski definition) is 0. The first-order chi connectivity index (χ1) is 10.6. The van der Waals surface area contributed by atoms with Crippen molar-refractivity contribution in [3.63, 3.8) is 0 Å². The number of aryl methyl sites for hydroxylation is 1. The summed E-state index contributed by atoms with van der Waals surface area (Å²) >= 11 is 1.49. The van der Waals surface area contributed by atoms with Gasteiger partial charge in [-0.2, -0.15) is 4.98 Å². The van der Waals surface area contributed by atoms with Gasteiger partial charge in [-0.25, -0.2) is 0 Å². The Hall–Kier alpha value is -2.74. The molecule has 2 aromatic heterocycles. The van der Waals surface area contributed by atoms with Crippen LogP contribution in [0.2, 0.25) is 0 Å². The Bertz CT molecular complexity index is 798. The number of nitrogens with zero attached hydrogens (tertiary/aromatic N) is 3. The van der Waals surface area contributed by atoms with Crippen LogP contribution in [0.5, 0.6) is 5.75 Å². The molecule has 0 N–H and O–H groups in total. The first-order valence-electron chi connectivity index (χ1n) is 6.38. The molecule has 0 radical (unpaired) electrons. The lowest BCUT2D eigenvalue weighted by molar-refractivity contribution is -0.386. The fourth-order valence-corrected chi connectivity index (χ4v) is 2.49. The van der Waals surface area contributed by atoms with E-state index in [1.807, 2.05) is 17.5 Å². The van der Waals surface area contributed by atoms with E-state index < -0.39 is 4.92 Å². The fourth-order valence-electron chi connectivity index (χ4n) is 1.85. The molecule has 3 rings (SSSR count). The number of hydrogen-bond acceptors (Lipinski definition) is 7. The third-order valence-corrected chi connectivity index (χ3v) is 3.73. The van der Waals surface area contributed by atoms with Gasteiger partial charge in [0.25, 0.3) is 5.89 Å². The maximum atomic E-state index is 11.0. The van der Waals surface area contributed by atoms with E-state index in [0.717, 1.165) is 10.4 Å². The Balaban J connectivity index is 1.74. The molecule has 0 aliphatic carbocycles. The minimum Gasteiger partial charge on any atom is -0.478 e. The summed E-state index contributed by atoms with van der Waals surface area (Å²) < 4.78 is 10.6. The molecular weight excluding hydrogens is 306 g/mol. The molecule has 0 saturated heterocycles. The van der Waals surface area contributed by atoms with Crippen molar-refractivity contribution in [2.75, 3.05) is 0 Å². The highest BCUT2D eigenvalue weighted by molar-refractivity contribution is 7.13. The molecule has 0 spiro atoms. The minimum atomic E-state index is -0.477. The second-order valence-corrected chi connectivity index (χ2v) is 5.46. The zero-order valence-corrected chi connectivity index (χ0v) is 12.4. The van der Waals surface area contributed by atoms with E-state index in [4.69, 9.17) is 9.26 Å². The van der Waals surface area contributed by atoms with Crippen LogP contribution in [0.1, 0.15) is 11.4 Å². The lowest BCUT2D eigenvalue weighted by Gasteiger charge is -2.04. The van der Waals surface area contributed by atoms with Crippen molar-refractivity contribution in [2.24, 2.45) is 0 Å². The number of nitro benzene ring substituents is 1. The number of aromatic nitrogens is 2. The normalized spacial score (nSPS) is 10.6. The fraction of sp³-hybridized carbons (Fsp3) is 0.143. The van der Waals surface area contributed by atoms with E-state index in [1.165, 1.54) is 17.4 Å². The number of rotatable bonds is 5. The molecule has 8 heteroatoms. The van der Waals surface area contributed by atoms with Crippen LogP contribution >= 0.6 is 11.3 Å². The average Bonchev–Trinajstić information content (AvgIpc) is 3.16. The Morgan fingerprint density at radius 1 is 1.41 bits per heavy atom. The Morgan fingerprint density at radius 2 is 2.27 bits per heavy atom. The summed E-state index contributed by atoms with van der Waals surface area (Å²) in [6.07, 6.45) is 0. The van der Waals surface area contributed by atoms with Gasteiger partial charge in [0.15, 0.2) is 12.4 Å². The van der Waals surface area contributed by atoms with E-state index in [2.05, 4.69) is 10.1 Å². The molecule has 0 aliphatic rings. The molecular formula is C14H11N3O4S. The largest absolute Gasteiger partial charge is 0.478 e. The lowest BCUT2D eigenvalue weighted by Crippen LogP contribution is -2.00. The van der Waals surface area contributed by atoms with E-state index in [-0.39, 0.29) is 18.0 Å². The van der Waals surface area contributed by atoms with E-state index >= 15 is 0 Å². The van der Waals surface area contributed by atoms with Crippen molar-refractivity contribution in [3.8, 4) is 16.5 Å². The Morgan fingerprint density at radius 3 is 3.00 bits per heavy atom. The average molecular weight is 317 g/mol. The van der Waals surface area contributed by atoms with Gasteiger partial charge in [-0.05, 0) is 30.0 Å². The van der Waals surface area contributed by atoms with Crippen LogP contribution in [0, 0.1) is 17.0 Å². The van der Waals surface area contributed by atoms with Gasteiger partial charge in [0.2, 0.25) is 5.82 Å². The van der Waals surface area contributed by atoms with Gasteiger partial charge in [-0.3, -0.25) is 10.1 Å². The zero-order valence-electron chi connectivity index (χ0n) is 11.6. The summed E-state index contributed by atoms with van der Waals surface area (Å²) in [5, 5.41) is 16.7. The smallest absolute Gasteiger partial charge is 0.311 e. The van der Waals surface area contributed by atoms with Crippen LogP contribution in [-0.4, -0.2) is 15.1 Å². The number of ether oxygens (including phenoxy) is 1. The Labute approximate surface area is 129 Å². The van der Waals surface area contributed by atoms with Gasteiger partial charge in [0.1, 0.15) is 0 Å². The van der Waals surface area contributed by atoms with E-state index in [0.29, 0.717) is 11.7 Å². The number of thiophene rings is 1. The molecule has 0 atom stereocenters. The van der Waals surface area contributed by atoms with Gasteiger partial charge >= 0.3 is 5.69 Å². The van der Waals surface area contributed by atoms with Gasteiger partial charge < -0.3 is 9.26 Å². The minimum absolute atomic E-state index is 0.00121. The van der Waals surface area contributed by atoms with Gasteiger partial charge in [-0.15, -0.1) is 11.3 Å². The summed E-state index contributed by atoms with van der Waals surface area (Å²) in [5.41, 5.74) is 0.709.